The first-order chi connectivity index (χ1) is 12.8. The molecule has 0 aliphatic carbocycles. The van der Waals surface area contributed by atoms with Crippen LogP contribution in [-0.2, 0) is 11.3 Å². The smallest absolute Gasteiger partial charge is 0.238 e. The Hall–Kier alpha value is -2.78. The van der Waals surface area contributed by atoms with Crippen molar-refractivity contribution in [2.24, 2.45) is 0 Å². The Balaban J connectivity index is 1.19. The number of amides is 1. The number of hydrazine groups is 1. The van der Waals surface area contributed by atoms with Crippen molar-refractivity contribution in [3.05, 3.63) is 36.7 Å². The second kappa shape index (κ2) is 7.63. The van der Waals surface area contributed by atoms with Crippen LogP contribution in [0.15, 0.2) is 36.7 Å². The van der Waals surface area contributed by atoms with Crippen LogP contribution in [-0.4, -0.2) is 47.7 Å². The molecule has 1 amide bonds. The maximum Gasteiger partial charge on any atom is 0.238 e. The molecule has 1 aromatic carbocycles. The molecular weight excluding hydrogens is 338 g/mol. The Kier molecular flexibility index (Phi) is 4.89. The van der Waals surface area contributed by atoms with Gasteiger partial charge in [-0.2, -0.15) is 5.10 Å². The highest BCUT2D eigenvalue weighted by Crippen LogP contribution is 2.35. The van der Waals surface area contributed by atoms with Crippen molar-refractivity contribution in [2.45, 2.75) is 25.0 Å². The van der Waals surface area contributed by atoms with Crippen molar-refractivity contribution in [2.75, 3.05) is 19.9 Å². The van der Waals surface area contributed by atoms with Gasteiger partial charge in [0.2, 0.25) is 12.7 Å². The molecule has 2 aliphatic rings. The molecule has 4 rings (SSSR count). The van der Waals surface area contributed by atoms with Crippen LogP contribution in [0.3, 0.4) is 0 Å². The third-order valence-corrected chi connectivity index (χ3v) is 4.29. The van der Waals surface area contributed by atoms with Crippen molar-refractivity contribution in [3.63, 3.8) is 0 Å². The normalized spacial score (nSPS) is 20.9. The molecule has 0 saturated carbocycles. The van der Waals surface area contributed by atoms with Gasteiger partial charge in [0.1, 0.15) is 18.4 Å². The molecule has 2 aromatic rings. The molecule has 3 heterocycles. The number of carbonyl (C=O) groups excluding carboxylic acids is 1. The molecule has 2 unspecified atom stereocenters. The average molecular weight is 359 g/mol. The molecule has 1 fully saturated rings. The third-order valence-electron chi connectivity index (χ3n) is 4.29. The number of hydrogen-bond acceptors (Lipinski definition) is 7. The van der Waals surface area contributed by atoms with E-state index in [0.29, 0.717) is 37.6 Å². The zero-order chi connectivity index (χ0) is 17.8. The Bertz CT molecular complexity index is 752. The number of nitrogens with zero attached hydrogens (tertiary/aromatic N) is 2. The van der Waals surface area contributed by atoms with Gasteiger partial charge in [-0.05, 0) is 24.6 Å². The summed E-state index contributed by atoms with van der Waals surface area (Å²) in [4.78, 5) is 12.2. The van der Waals surface area contributed by atoms with Gasteiger partial charge >= 0.3 is 0 Å². The topological polar surface area (TPSA) is 98.7 Å². The van der Waals surface area contributed by atoms with E-state index < -0.39 is 0 Å². The number of rotatable bonds is 7. The fourth-order valence-corrected chi connectivity index (χ4v) is 2.92. The first-order valence-electron chi connectivity index (χ1n) is 8.56. The number of ether oxygens (including phenoxy) is 3. The van der Waals surface area contributed by atoms with E-state index in [1.54, 1.807) is 10.9 Å². The Morgan fingerprint density at radius 2 is 2.27 bits per heavy atom. The highest BCUT2D eigenvalue weighted by molar-refractivity contribution is 5.82. The molecule has 2 atom stereocenters. The minimum atomic E-state index is -0.280. The van der Waals surface area contributed by atoms with E-state index in [1.807, 2.05) is 30.5 Å². The summed E-state index contributed by atoms with van der Waals surface area (Å²) in [7, 11) is 0. The Labute approximate surface area is 150 Å². The number of fused-ring (bicyclic) bond motifs is 1. The van der Waals surface area contributed by atoms with Crippen molar-refractivity contribution < 1.29 is 19.0 Å². The second-order valence-electron chi connectivity index (χ2n) is 6.16. The SMILES string of the molecule is O=C(NCCn1cccn1)C1CC(COc2ccc3c(c2)OCO3)NN1. The maximum atomic E-state index is 12.2. The van der Waals surface area contributed by atoms with Crippen molar-refractivity contribution >= 4 is 5.91 Å². The average Bonchev–Trinajstić information content (AvgIpc) is 3.40. The van der Waals surface area contributed by atoms with Crippen LogP contribution in [0, 0.1) is 0 Å². The van der Waals surface area contributed by atoms with Gasteiger partial charge in [0.15, 0.2) is 11.5 Å². The van der Waals surface area contributed by atoms with E-state index in [0.717, 1.165) is 5.75 Å². The minimum Gasteiger partial charge on any atom is -0.492 e. The molecule has 1 aromatic heterocycles. The summed E-state index contributed by atoms with van der Waals surface area (Å²) >= 11 is 0. The molecule has 0 bridgehead atoms. The predicted octanol–water partition coefficient (Wildman–Crippen LogP) is 0.0421. The lowest BCUT2D eigenvalue weighted by Crippen LogP contribution is -2.44. The second-order valence-corrected chi connectivity index (χ2v) is 6.16. The van der Waals surface area contributed by atoms with Crippen LogP contribution < -0.4 is 30.4 Å². The molecule has 9 heteroatoms. The van der Waals surface area contributed by atoms with Gasteiger partial charge < -0.3 is 19.5 Å². The number of aromatic nitrogens is 2. The minimum absolute atomic E-state index is 0.0322. The number of nitrogens with one attached hydrogen (secondary N) is 3. The molecule has 9 nitrogen and oxygen atoms in total. The van der Waals surface area contributed by atoms with E-state index in [1.165, 1.54) is 0 Å². The standard InChI is InChI=1S/C17H21N5O4/c23-17(18-5-7-22-6-1-4-19-22)14-8-12(20-21-14)10-24-13-2-3-15-16(9-13)26-11-25-15/h1-4,6,9,12,14,20-21H,5,7-8,10-11H2,(H,18,23). The lowest BCUT2D eigenvalue weighted by atomic mass is 10.1. The fourth-order valence-electron chi connectivity index (χ4n) is 2.92. The summed E-state index contributed by atoms with van der Waals surface area (Å²) < 4.78 is 18.2. The molecule has 3 N–H and O–H groups in total. The van der Waals surface area contributed by atoms with Crippen molar-refractivity contribution in [1.82, 2.24) is 25.9 Å². The van der Waals surface area contributed by atoms with Gasteiger partial charge in [-0.15, -0.1) is 0 Å². The molecule has 138 valence electrons. The van der Waals surface area contributed by atoms with Crippen LogP contribution in [0.4, 0.5) is 0 Å². The van der Waals surface area contributed by atoms with Gasteiger partial charge in [-0.1, -0.05) is 0 Å². The van der Waals surface area contributed by atoms with Crippen molar-refractivity contribution in [1.29, 1.82) is 0 Å². The first kappa shape index (κ1) is 16.7. The molecule has 2 aliphatic heterocycles. The van der Waals surface area contributed by atoms with Gasteiger partial charge in [0.05, 0.1) is 12.6 Å². The molecule has 1 saturated heterocycles. The first-order valence-corrected chi connectivity index (χ1v) is 8.56. The van der Waals surface area contributed by atoms with Crippen LogP contribution in [0.25, 0.3) is 0 Å². The molecule has 0 spiro atoms. The number of benzene rings is 1. The monoisotopic (exact) mass is 359 g/mol. The van der Waals surface area contributed by atoms with E-state index in [4.69, 9.17) is 14.2 Å². The zero-order valence-corrected chi connectivity index (χ0v) is 14.2. The van der Waals surface area contributed by atoms with Crippen LogP contribution >= 0.6 is 0 Å². The largest absolute Gasteiger partial charge is 0.492 e. The van der Waals surface area contributed by atoms with Crippen LogP contribution in [0.2, 0.25) is 0 Å². The van der Waals surface area contributed by atoms with Crippen LogP contribution in [0.5, 0.6) is 17.2 Å². The quantitative estimate of drug-likeness (QED) is 0.642. The zero-order valence-electron chi connectivity index (χ0n) is 14.2. The summed E-state index contributed by atoms with van der Waals surface area (Å²) in [6.45, 7) is 1.88. The predicted molar refractivity (Wildman–Crippen MR) is 91.8 cm³/mol. The van der Waals surface area contributed by atoms with Gasteiger partial charge in [-0.25, -0.2) is 5.43 Å². The lowest BCUT2D eigenvalue weighted by Gasteiger charge is -2.12. The molecular formula is C17H21N5O4. The summed E-state index contributed by atoms with van der Waals surface area (Å²) in [5.41, 5.74) is 6.12. The Morgan fingerprint density at radius 3 is 3.15 bits per heavy atom. The summed E-state index contributed by atoms with van der Waals surface area (Å²) in [5, 5.41) is 7.01. The molecule has 0 radical (unpaired) electrons. The number of hydrogen-bond donors (Lipinski definition) is 3. The van der Waals surface area contributed by atoms with E-state index in [-0.39, 0.29) is 24.8 Å². The van der Waals surface area contributed by atoms with E-state index in [9.17, 15) is 4.79 Å². The maximum absolute atomic E-state index is 12.2. The summed E-state index contributed by atoms with van der Waals surface area (Å²) in [6, 6.07) is 7.10. The van der Waals surface area contributed by atoms with Gasteiger partial charge in [0.25, 0.3) is 0 Å². The highest BCUT2D eigenvalue weighted by atomic mass is 16.7. The summed E-state index contributed by atoms with van der Waals surface area (Å²) in [6.07, 6.45) is 4.23. The van der Waals surface area contributed by atoms with E-state index in [2.05, 4.69) is 21.3 Å². The van der Waals surface area contributed by atoms with Gasteiger partial charge in [0, 0.05) is 25.0 Å². The van der Waals surface area contributed by atoms with Gasteiger partial charge in [-0.3, -0.25) is 14.9 Å². The van der Waals surface area contributed by atoms with Crippen molar-refractivity contribution in [3.8, 4) is 17.2 Å². The lowest BCUT2D eigenvalue weighted by molar-refractivity contribution is -0.122. The highest BCUT2D eigenvalue weighted by Gasteiger charge is 2.29. The third kappa shape index (κ3) is 3.89. The molecule has 26 heavy (non-hydrogen) atoms. The van der Waals surface area contributed by atoms with Crippen LogP contribution in [0.1, 0.15) is 6.42 Å². The number of carbonyl (C=O) groups is 1. The summed E-state index contributed by atoms with van der Waals surface area (Å²) in [5.74, 6) is 2.10. The van der Waals surface area contributed by atoms with E-state index >= 15 is 0 Å². The fraction of sp³-hybridized carbons (Fsp3) is 0.412. The Morgan fingerprint density at radius 1 is 1.35 bits per heavy atom.